The fraction of sp³-hybridized carbons (Fsp3) is 0.933. The molecule has 2 N–H and O–H groups in total. The Morgan fingerprint density at radius 2 is 2.11 bits per heavy atom. The molecule has 0 radical (unpaired) electrons. The number of carboxylic acid groups (broad SMARTS) is 1. The van der Waals surface area contributed by atoms with Crippen molar-refractivity contribution in [2.45, 2.75) is 64.3 Å². The second kappa shape index (κ2) is 8.54. The fourth-order valence-corrected chi connectivity index (χ4v) is 2.32. The van der Waals surface area contributed by atoms with E-state index < -0.39 is 11.5 Å². The van der Waals surface area contributed by atoms with Crippen LogP contribution >= 0.6 is 0 Å². The van der Waals surface area contributed by atoms with Gasteiger partial charge < -0.3 is 15.2 Å². The van der Waals surface area contributed by atoms with E-state index in [0.717, 1.165) is 31.9 Å². The van der Waals surface area contributed by atoms with Gasteiger partial charge in [0, 0.05) is 13.2 Å². The first-order chi connectivity index (χ1) is 9.14. The maximum Gasteiger partial charge on any atom is 0.323 e. The third kappa shape index (κ3) is 5.91. The first kappa shape index (κ1) is 16.4. The Morgan fingerprint density at radius 3 is 2.63 bits per heavy atom. The van der Waals surface area contributed by atoms with Gasteiger partial charge in [0.15, 0.2) is 0 Å². The SMILES string of the molecule is CCCNC(CC)(CCCOCCC1CC1)C(=O)O. The number of carboxylic acids is 1. The molecule has 1 unspecified atom stereocenters. The zero-order valence-electron chi connectivity index (χ0n) is 12.4. The number of aliphatic carboxylic acids is 1. The summed E-state index contributed by atoms with van der Waals surface area (Å²) in [5.74, 6) is 0.168. The lowest BCUT2D eigenvalue weighted by Gasteiger charge is -2.29. The van der Waals surface area contributed by atoms with Crippen LogP contribution in [0.4, 0.5) is 0 Å². The molecule has 1 fully saturated rings. The smallest absolute Gasteiger partial charge is 0.323 e. The fourth-order valence-electron chi connectivity index (χ4n) is 2.32. The van der Waals surface area contributed by atoms with E-state index in [1.54, 1.807) is 0 Å². The monoisotopic (exact) mass is 271 g/mol. The molecular weight excluding hydrogens is 242 g/mol. The van der Waals surface area contributed by atoms with Crippen LogP contribution in [0.1, 0.15) is 58.8 Å². The van der Waals surface area contributed by atoms with Crippen molar-refractivity contribution in [2.75, 3.05) is 19.8 Å². The summed E-state index contributed by atoms with van der Waals surface area (Å²) in [4.78, 5) is 11.5. The van der Waals surface area contributed by atoms with Gasteiger partial charge in [-0.15, -0.1) is 0 Å². The number of hydrogen-bond acceptors (Lipinski definition) is 3. The maximum atomic E-state index is 11.5. The average molecular weight is 271 g/mol. The summed E-state index contributed by atoms with van der Waals surface area (Å²) in [6.45, 7) is 6.25. The molecule has 19 heavy (non-hydrogen) atoms. The van der Waals surface area contributed by atoms with Crippen molar-refractivity contribution in [3.05, 3.63) is 0 Å². The van der Waals surface area contributed by atoms with Crippen molar-refractivity contribution in [3.8, 4) is 0 Å². The van der Waals surface area contributed by atoms with E-state index in [1.165, 1.54) is 19.3 Å². The largest absolute Gasteiger partial charge is 0.480 e. The Kier molecular flexibility index (Phi) is 7.39. The van der Waals surface area contributed by atoms with Crippen LogP contribution in [-0.2, 0) is 9.53 Å². The van der Waals surface area contributed by atoms with Crippen LogP contribution in [0.2, 0.25) is 0 Å². The second-order valence-corrected chi connectivity index (χ2v) is 5.62. The van der Waals surface area contributed by atoms with Crippen LogP contribution in [0, 0.1) is 5.92 Å². The lowest BCUT2D eigenvalue weighted by molar-refractivity contribution is -0.145. The highest BCUT2D eigenvalue weighted by atomic mass is 16.5. The summed E-state index contributed by atoms with van der Waals surface area (Å²) >= 11 is 0. The Hall–Kier alpha value is -0.610. The van der Waals surface area contributed by atoms with E-state index in [9.17, 15) is 9.90 Å². The van der Waals surface area contributed by atoms with Gasteiger partial charge in [0.2, 0.25) is 0 Å². The van der Waals surface area contributed by atoms with Crippen molar-refractivity contribution in [1.29, 1.82) is 0 Å². The molecule has 0 aromatic heterocycles. The van der Waals surface area contributed by atoms with Gasteiger partial charge in [-0.25, -0.2) is 0 Å². The van der Waals surface area contributed by atoms with E-state index in [2.05, 4.69) is 12.2 Å². The molecule has 1 atom stereocenters. The number of rotatable bonds is 12. The quantitative estimate of drug-likeness (QED) is 0.536. The summed E-state index contributed by atoms with van der Waals surface area (Å²) < 4.78 is 5.59. The third-order valence-corrected chi connectivity index (χ3v) is 3.99. The summed E-state index contributed by atoms with van der Waals surface area (Å²) in [5, 5.41) is 12.6. The van der Waals surface area contributed by atoms with Crippen LogP contribution in [0.15, 0.2) is 0 Å². The van der Waals surface area contributed by atoms with Crippen LogP contribution in [0.25, 0.3) is 0 Å². The van der Waals surface area contributed by atoms with Crippen LogP contribution in [-0.4, -0.2) is 36.4 Å². The van der Waals surface area contributed by atoms with E-state index in [0.29, 0.717) is 19.4 Å². The number of carbonyl (C=O) groups is 1. The average Bonchev–Trinajstić information content (AvgIpc) is 3.21. The zero-order chi connectivity index (χ0) is 14.1. The number of ether oxygens (including phenoxy) is 1. The maximum absolute atomic E-state index is 11.5. The van der Waals surface area contributed by atoms with Crippen molar-refractivity contribution in [1.82, 2.24) is 5.32 Å². The molecule has 0 bridgehead atoms. The van der Waals surface area contributed by atoms with Gasteiger partial charge >= 0.3 is 5.97 Å². The normalized spacial score (nSPS) is 18.2. The van der Waals surface area contributed by atoms with E-state index >= 15 is 0 Å². The Morgan fingerprint density at radius 1 is 1.37 bits per heavy atom. The second-order valence-electron chi connectivity index (χ2n) is 5.62. The zero-order valence-corrected chi connectivity index (χ0v) is 12.4. The molecule has 4 heteroatoms. The Balaban J connectivity index is 2.20. The van der Waals surface area contributed by atoms with Crippen LogP contribution in [0.3, 0.4) is 0 Å². The van der Waals surface area contributed by atoms with Crippen molar-refractivity contribution in [2.24, 2.45) is 5.92 Å². The molecule has 1 rings (SSSR count). The molecule has 1 aliphatic rings. The van der Waals surface area contributed by atoms with Gasteiger partial charge in [0.1, 0.15) is 5.54 Å². The van der Waals surface area contributed by atoms with E-state index in [1.807, 2.05) is 6.92 Å². The van der Waals surface area contributed by atoms with Gasteiger partial charge in [0.25, 0.3) is 0 Å². The summed E-state index contributed by atoms with van der Waals surface area (Å²) in [6.07, 6.45) is 6.91. The Labute approximate surface area is 116 Å². The van der Waals surface area contributed by atoms with Crippen molar-refractivity contribution < 1.29 is 14.6 Å². The summed E-state index contributed by atoms with van der Waals surface area (Å²) in [6, 6.07) is 0. The summed E-state index contributed by atoms with van der Waals surface area (Å²) in [7, 11) is 0. The van der Waals surface area contributed by atoms with E-state index in [4.69, 9.17) is 4.74 Å². The highest BCUT2D eigenvalue weighted by Gasteiger charge is 2.35. The van der Waals surface area contributed by atoms with Crippen molar-refractivity contribution in [3.63, 3.8) is 0 Å². The highest BCUT2D eigenvalue weighted by Crippen LogP contribution is 2.32. The van der Waals surface area contributed by atoms with Gasteiger partial charge in [-0.3, -0.25) is 4.79 Å². The lowest BCUT2D eigenvalue weighted by atomic mass is 9.90. The minimum atomic E-state index is -0.768. The third-order valence-electron chi connectivity index (χ3n) is 3.99. The van der Waals surface area contributed by atoms with Gasteiger partial charge in [-0.1, -0.05) is 26.7 Å². The van der Waals surface area contributed by atoms with Crippen molar-refractivity contribution >= 4 is 5.97 Å². The molecule has 112 valence electrons. The first-order valence-electron chi connectivity index (χ1n) is 7.70. The molecule has 0 aromatic rings. The van der Waals surface area contributed by atoms with Crippen LogP contribution < -0.4 is 5.32 Å². The molecule has 4 nitrogen and oxygen atoms in total. The molecule has 1 aliphatic carbocycles. The molecule has 0 aromatic carbocycles. The molecule has 0 saturated heterocycles. The lowest BCUT2D eigenvalue weighted by Crippen LogP contribution is -2.52. The highest BCUT2D eigenvalue weighted by molar-refractivity contribution is 5.78. The predicted molar refractivity (Wildman–Crippen MR) is 76.3 cm³/mol. The van der Waals surface area contributed by atoms with E-state index in [-0.39, 0.29) is 0 Å². The van der Waals surface area contributed by atoms with Gasteiger partial charge in [0.05, 0.1) is 0 Å². The summed E-state index contributed by atoms with van der Waals surface area (Å²) in [5.41, 5.74) is -0.768. The number of nitrogens with one attached hydrogen (secondary N) is 1. The minimum absolute atomic E-state index is 0.615. The predicted octanol–water partition coefficient (Wildman–Crippen LogP) is 2.82. The topological polar surface area (TPSA) is 58.6 Å². The standard InChI is InChI=1S/C15H29NO3/c1-3-10-16-15(4-2,14(17)18)9-5-11-19-12-8-13-6-7-13/h13,16H,3-12H2,1-2H3,(H,17,18). The molecule has 0 heterocycles. The van der Waals surface area contributed by atoms with Gasteiger partial charge in [-0.2, -0.15) is 0 Å². The Bertz CT molecular complexity index is 266. The molecule has 0 spiro atoms. The molecular formula is C15H29NO3. The molecule has 1 saturated carbocycles. The molecule has 0 aliphatic heterocycles. The first-order valence-corrected chi connectivity index (χ1v) is 7.70. The minimum Gasteiger partial charge on any atom is -0.480 e. The van der Waals surface area contributed by atoms with Gasteiger partial charge in [-0.05, 0) is 44.6 Å². The number of hydrogen-bond donors (Lipinski definition) is 2. The molecule has 0 amide bonds. The van der Waals surface area contributed by atoms with Crippen LogP contribution in [0.5, 0.6) is 0 Å².